The normalized spacial score (nSPS) is 10.4. The number of carboxylic acids is 1. The molecule has 19 heavy (non-hydrogen) atoms. The lowest BCUT2D eigenvalue weighted by Gasteiger charge is -1.99. The summed E-state index contributed by atoms with van der Waals surface area (Å²) in [5, 5.41) is 15.0. The molecule has 8 heteroatoms. The molecule has 2 aromatic rings. The molecule has 0 atom stereocenters. The first-order valence-corrected chi connectivity index (χ1v) is 5.46. The van der Waals surface area contributed by atoms with E-state index >= 15 is 0 Å². The molecule has 2 N–H and O–H groups in total. The minimum Gasteiger partial charge on any atom is -0.480 e. The molecular formula is C11H12N4O4. The van der Waals surface area contributed by atoms with Gasteiger partial charge in [-0.25, -0.2) is 4.98 Å². The van der Waals surface area contributed by atoms with Crippen molar-refractivity contribution in [3.8, 4) is 0 Å². The maximum absolute atomic E-state index is 11.9. The van der Waals surface area contributed by atoms with Crippen molar-refractivity contribution in [1.29, 1.82) is 0 Å². The number of amides is 1. The molecule has 0 unspecified atom stereocenters. The van der Waals surface area contributed by atoms with Gasteiger partial charge in [-0.05, 0) is 6.92 Å². The number of hydrogen-bond donors (Lipinski definition) is 2. The van der Waals surface area contributed by atoms with Gasteiger partial charge in [0.05, 0.1) is 5.69 Å². The van der Waals surface area contributed by atoms with E-state index in [4.69, 9.17) is 9.52 Å². The van der Waals surface area contributed by atoms with Crippen molar-refractivity contribution in [3.63, 3.8) is 0 Å². The molecule has 0 bridgehead atoms. The molecule has 2 aromatic heterocycles. The molecule has 2 heterocycles. The van der Waals surface area contributed by atoms with Gasteiger partial charge in [0.1, 0.15) is 6.54 Å². The Kier molecular flexibility index (Phi) is 3.32. The van der Waals surface area contributed by atoms with Crippen molar-refractivity contribution in [2.45, 2.75) is 20.4 Å². The number of nitrogens with zero attached hydrogens (tertiary/aromatic N) is 3. The van der Waals surface area contributed by atoms with Crippen molar-refractivity contribution in [2.75, 3.05) is 5.32 Å². The molecule has 0 spiro atoms. The number of carbonyl (C=O) groups is 2. The highest BCUT2D eigenvalue weighted by molar-refractivity contribution is 6.02. The topological polar surface area (TPSA) is 110 Å². The average Bonchev–Trinajstić information content (AvgIpc) is 2.84. The average molecular weight is 264 g/mol. The predicted octanol–water partition coefficient (Wildman–Crippen LogP) is 0.825. The summed E-state index contributed by atoms with van der Waals surface area (Å²) in [7, 11) is 0. The lowest BCUT2D eigenvalue weighted by molar-refractivity contribution is -0.137. The molecule has 1 amide bonds. The van der Waals surface area contributed by atoms with E-state index in [0.717, 1.165) is 0 Å². The molecule has 2 rings (SSSR count). The Hall–Kier alpha value is -2.64. The lowest BCUT2D eigenvalue weighted by atomic mass is 10.3. The molecule has 0 fully saturated rings. The van der Waals surface area contributed by atoms with Gasteiger partial charge in [-0.3, -0.25) is 14.3 Å². The maximum atomic E-state index is 11.9. The number of anilines is 1. The summed E-state index contributed by atoms with van der Waals surface area (Å²) in [6.07, 6.45) is 1.46. The van der Waals surface area contributed by atoms with Crippen molar-refractivity contribution < 1.29 is 19.1 Å². The summed E-state index contributed by atoms with van der Waals surface area (Å²) in [5.74, 6) is -0.717. The lowest BCUT2D eigenvalue weighted by Crippen LogP contribution is -2.14. The second kappa shape index (κ2) is 4.92. The summed E-state index contributed by atoms with van der Waals surface area (Å²) >= 11 is 0. The van der Waals surface area contributed by atoms with Gasteiger partial charge in [0.25, 0.3) is 5.91 Å². The molecule has 0 saturated carbocycles. The molecule has 0 aliphatic rings. The molecule has 0 aliphatic heterocycles. The van der Waals surface area contributed by atoms with E-state index in [0.29, 0.717) is 11.6 Å². The first-order valence-electron chi connectivity index (χ1n) is 5.46. The number of aryl methyl sites for hydroxylation is 2. The smallest absolute Gasteiger partial charge is 0.325 e. The fourth-order valence-corrected chi connectivity index (χ4v) is 1.57. The molecule has 100 valence electrons. The highest BCUT2D eigenvalue weighted by Crippen LogP contribution is 2.12. The van der Waals surface area contributed by atoms with Crippen molar-refractivity contribution in [1.82, 2.24) is 14.8 Å². The van der Waals surface area contributed by atoms with Crippen LogP contribution >= 0.6 is 0 Å². The third-order valence-corrected chi connectivity index (χ3v) is 2.29. The summed E-state index contributed by atoms with van der Waals surface area (Å²) in [6, 6.07) is 1.50. The van der Waals surface area contributed by atoms with Crippen LogP contribution in [0, 0.1) is 13.8 Å². The second-order valence-electron chi connectivity index (χ2n) is 3.89. The van der Waals surface area contributed by atoms with E-state index in [9.17, 15) is 9.59 Å². The number of nitrogens with one attached hydrogen (secondary N) is 1. The Morgan fingerprint density at radius 2 is 2.21 bits per heavy atom. The van der Waals surface area contributed by atoms with E-state index in [1.807, 2.05) is 0 Å². The number of carboxylic acid groups (broad SMARTS) is 1. The SMILES string of the molecule is Cc1nc(C)c(C(=O)Nc2ccn(CC(=O)O)n2)o1. The van der Waals surface area contributed by atoms with Gasteiger partial charge in [0.15, 0.2) is 11.7 Å². The van der Waals surface area contributed by atoms with Crippen molar-refractivity contribution in [2.24, 2.45) is 0 Å². The number of rotatable bonds is 4. The molecular weight excluding hydrogens is 252 g/mol. The van der Waals surface area contributed by atoms with Crippen LogP contribution in [0.2, 0.25) is 0 Å². The Bertz CT molecular complexity index is 628. The van der Waals surface area contributed by atoms with Crippen LogP contribution in [0.5, 0.6) is 0 Å². The summed E-state index contributed by atoms with van der Waals surface area (Å²) in [6.45, 7) is 3.04. The molecule has 0 aromatic carbocycles. The van der Waals surface area contributed by atoms with E-state index in [1.54, 1.807) is 13.8 Å². The van der Waals surface area contributed by atoms with E-state index in [1.165, 1.54) is 16.9 Å². The third kappa shape index (κ3) is 2.97. The van der Waals surface area contributed by atoms with E-state index in [-0.39, 0.29) is 18.1 Å². The predicted molar refractivity (Wildman–Crippen MR) is 63.8 cm³/mol. The third-order valence-electron chi connectivity index (χ3n) is 2.29. The number of carbonyl (C=O) groups excluding carboxylic acids is 1. The highest BCUT2D eigenvalue weighted by atomic mass is 16.4. The first-order chi connectivity index (χ1) is 8.95. The van der Waals surface area contributed by atoms with E-state index < -0.39 is 11.9 Å². The summed E-state index contributed by atoms with van der Waals surface area (Å²) in [4.78, 5) is 26.4. The standard InChI is InChI=1S/C11H12N4O4/c1-6-10(19-7(2)12-6)11(18)13-8-3-4-15(14-8)5-9(16)17/h3-4H,5H2,1-2H3,(H,16,17)(H,13,14,18). The van der Waals surface area contributed by atoms with Crippen molar-refractivity contribution >= 4 is 17.7 Å². The maximum Gasteiger partial charge on any atom is 0.325 e. The van der Waals surface area contributed by atoms with Gasteiger partial charge in [-0.1, -0.05) is 0 Å². The fourth-order valence-electron chi connectivity index (χ4n) is 1.57. The van der Waals surface area contributed by atoms with Gasteiger partial charge < -0.3 is 14.8 Å². The molecule has 0 aliphatic carbocycles. The van der Waals surface area contributed by atoms with Gasteiger partial charge in [0.2, 0.25) is 5.76 Å². The van der Waals surface area contributed by atoms with Crippen LogP contribution in [0.25, 0.3) is 0 Å². The minimum atomic E-state index is -1.01. The Morgan fingerprint density at radius 1 is 1.47 bits per heavy atom. The van der Waals surface area contributed by atoms with Crippen LogP contribution in [0.3, 0.4) is 0 Å². The molecule has 8 nitrogen and oxygen atoms in total. The quantitative estimate of drug-likeness (QED) is 0.846. The van der Waals surface area contributed by atoms with Crippen LogP contribution in [0.4, 0.5) is 5.82 Å². The summed E-state index contributed by atoms with van der Waals surface area (Å²) in [5.41, 5.74) is 0.486. The van der Waals surface area contributed by atoms with E-state index in [2.05, 4.69) is 15.4 Å². The van der Waals surface area contributed by atoms with Crippen LogP contribution in [0.1, 0.15) is 22.1 Å². The largest absolute Gasteiger partial charge is 0.480 e. The number of aliphatic carboxylic acids is 1. The molecule has 0 radical (unpaired) electrons. The second-order valence-corrected chi connectivity index (χ2v) is 3.89. The fraction of sp³-hybridized carbons (Fsp3) is 0.273. The number of aromatic nitrogens is 3. The molecule has 0 saturated heterocycles. The number of oxazole rings is 1. The summed E-state index contributed by atoms with van der Waals surface area (Å²) < 4.78 is 6.37. The zero-order chi connectivity index (χ0) is 14.0. The van der Waals surface area contributed by atoms with Crippen LogP contribution < -0.4 is 5.32 Å². The van der Waals surface area contributed by atoms with Gasteiger partial charge in [0, 0.05) is 19.2 Å². The Morgan fingerprint density at radius 3 is 2.79 bits per heavy atom. The minimum absolute atomic E-state index is 0.116. The van der Waals surface area contributed by atoms with Crippen molar-refractivity contribution in [3.05, 3.63) is 29.6 Å². The first kappa shape index (κ1) is 12.8. The van der Waals surface area contributed by atoms with Crippen LogP contribution in [-0.2, 0) is 11.3 Å². The Balaban J connectivity index is 2.09. The number of hydrogen-bond acceptors (Lipinski definition) is 5. The van der Waals surface area contributed by atoms with Crippen LogP contribution in [-0.4, -0.2) is 31.7 Å². The zero-order valence-electron chi connectivity index (χ0n) is 10.4. The Labute approximate surface area is 108 Å². The van der Waals surface area contributed by atoms with Crippen LogP contribution in [0.15, 0.2) is 16.7 Å². The zero-order valence-corrected chi connectivity index (χ0v) is 10.4. The monoisotopic (exact) mass is 264 g/mol. The highest BCUT2D eigenvalue weighted by Gasteiger charge is 2.17. The van der Waals surface area contributed by atoms with Gasteiger partial charge in [-0.2, -0.15) is 5.10 Å². The van der Waals surface area contributed by atoms with Gasteiger partial charge in [-0.15, -0.1) is 0 Å². The van der Waals surface area contributed by atoms with Gasteiger partial charge >= 0.3 is 5.97 Å².